The van der Waals surface area contributed by atoms with Crippen LogP contribution in [-0.4, -0.2) is 41.6 Å². The van der Waals surface area contributed by atoms with Crippen LogP contribution in [0.3, 0.4) is 0 Å². The van der Waals surface area contributed by atoms with Gasteiger partial charge < -0.3 is 10.2 Å². The number of thiazole rings is 1. The quantitative estimate of drug-likeness (QED) is 0.292. The Kier molecular flexibility index (Phi) is 7.46. The van der Waals surface area contributed by atoms with Crippen molar-refractivity contribution in [1.82, 2.24) is 4.57 Å². The molecule has 0 radical (unpaired) electrons. The van der Waals surface area contributed by atoms with Crippen molar-refractivity contribution in [3.63, 3.8) is 0 Å². The molecule has 3 amide bonds. The SMILES string of the molecule is Cc1ccc(N2C(=O)C3Sc4c(sc(=O)n4CC(=O)Nc4ccc(Cl)cc4)[C@H](c4ccc(N(C)C)cc4)C3C2=O)cc1. The number of carbonyl (C=O) groups excluding carboxylic acids is 3. The fourth-order valence-corrected chi connectivity index (χ4v) is 8.32. The van der Waals surface area contributed by atoms with Crippen LogP contribution >= 0.6 is 34.7 Å². The Morgan fingerprint density at radius 1 is 0.929 bits per heavy atom. The van der Waals surface area contributed by atoms with Crippen LogP contribution in [0.2, 0.25) is 5.02 Å². The summed E-state index contributed by atoms with van der Waals surface area (Å²) in [5.74, 6) is -2.22. The van der Waals surface area contributed by atoms with Crippen molar-refractivity contribution in [2.24, 2.45) is 5.92 Å². The van der Waals surface area contributed by atoms with E-state index in [2.05, 4.69) is 5.32 Å². The van der Waals surface area contributed by atoms with Gasteiger partial charge in [-0.1, -0.05) is 64.5 Å². The Balaban J connectivity index is 1.41. The van der Waals surface area contributed by atoms with E-state index in [1.807, 2.05) is 62.3 Å². The molecule has 3 aromatic carbocycles. The molecule has 1 aromatic heterocycles. The van der Waals surface area contributed by atoms with Gasteiger partial charge in [-0.3, -0.25) is 23.7 Å². The highest BCUT2D eigenvalue weighted by molar-refractivity contribution is 8.00. The highest BCUT2D eigenvalue weighted by atomic mass is 35.5. The summed E-state index contributed by atoms with van der Waals surface area (Å²) in [6.07, 6.45) is 0. The molecular weight excluding hydrogens is 592 g/mol. The highest BCUT2D eigenvalue weighted by Crippen LogP contribution is 2.54. The number of aryl methyl sites for hydroxylation is 1. The summed E-state index contributed by atoms with van der Waals surface area (Å²) in [6, 6.07) is 21.8. The minimum atomic E-state index is -0.746. The largest absolute Gasteiger partial charge is 0.378 e. The number of nitrogens with zero attached hydrogens (tertiary/aromatic N) is 3. The lowest BCUT2D eigenvalue weighted by atomic mass is 9.83. The molecule has 2 unspecified atom stereocenters. The number of nitrogens with one attached hydrogen (secondary N) is 1. The molecule has 0 bridgehead atoms. The molecular formula is C31H27ClN4O4S2. The Bertz CT molecular complexity index is 1750. The maximum absolute atomic E-state index is 14.0. The standard InChI is InChI=1S/C31H27ClN4O4S2/c1-17-4-12-22(13-5-17)36-28(38)25-24(18-6-14-21(15-7-18)34(2)3)27-30(41-26(25)29(36)39)35(31(40)42-27)16-23(37)33-20-10-8-19(32)9-11-20/h4-15,24-26H,16H2,1-3H3,(H,33,37)/t24-,25?,26?/m1/s1. The minimum absolute atomic E-state index is 0.228. The highest BCUT2D eigenvalue weighted by Gasteiger charge is 2.56. The van der Waals surface area contributed by atoms with Crippen LogP contribution in [0.1, 0.15) is 21.9 Å². The van der Waals surface area contributed by atoms with Gasteiger partial charge in [0, 0.05) is 41.3 Å². The summed E-state index contributed by atoms with van der Waals surface area (Å²) in [5.41, 5.74) is 3.92. The first kappa shape index (κ1) is 28.3. The number of halogens is 1. The number of carbonyl (C=O) groups is 3. The molecule has 4 aromatic rings. The Morgan fingerprint density at radius 2 is 1.60 bits per heavy atom. The molecule has 3 heterocycles. The lowest BCUT2D eigenvalue weighted by Gasteiger charge is -2.31. The normalized spacial score (nSPS) is 19.4. The number of thioether (sulfide) groups is 1. The van der Waals surface area contributed by atoms with Crippen LogP contribution in [-0.2, 0) is 20.9 Å². The van der Waals surface area contributed by atoms with Gasteiger partial charge in [0.15, 0.2) is 0 Å². The second-order valence-corrected chi connectivity index (χ2v) is 13.1. The number of hydrogen-bond acceptors (Lipinski definition) is 7. The lowest BCUT2D eigenvalue weighted by molar-refractivity contribution is -0.122. The van der Waals surface area contributed by atoms with Gasteiger partial charge in [-0.2, -0.15) is 0 Å². The zero-order valence-corrected chi connectivity index (χ0v) is 25.4. The molecule has 3 atom stereocenters. The summed E-state index contributed by atoms with van der Waals surface area (Å²) in [6.45, 7) is 1.72. The van der Waals surface area contributed by atoms with Gasteiger partial charge in [-0.05, 0) is 61.0 Å². The van der Waals surface area contributed by atoms with E-state index in [-0.39, 0.29) is 29.1 Å². The van der Waals surface area contributed by atoms with Gasteiger partial charge in [-0.15, -0.1) is 0 Å². The Labute approximate surface area is 255 Å². The average Bonchev–Trinajstić information content (AvgIpc) is 3.41. The molecule has 1 saturated heterocycles. The first-order valence-corrected chi connectivity index (χ1v) is 15.4. The van der Waals surface area contributed by atoms with E-state index >= 15 is 0 Å². The minimum Gasteiger partial charge on any atom is -0.378 e. The van der Waals surface area contributed by atoms with Gasteiger partial charge in [0.05, 0.1) is 16.6 Å². The molecule has 42 heavy (non-hydrogen) atoms. The van der Waals surface area contributed by atoms with Gasteiger partial charge in [0.1, 0.15) is 11.8 Å². The average molecular weight is 619 g/mol. The molecule has 1 N–H and O–H groups in total. The topological polar surface area (TPSA) is 91.7 Å². The molecule has 0 saturated carbocycles. The fraction of sp³-hybridized carbons (Fsp3) is 0.226. The molecule has 214 valence electrons. The van der Waals surface area contributed by atoms with Crippen molar-refractivity contribution >= 4 is 69.5 Å². The van der Waals surface area contributed by atoms with Gasteiger partial charge in [0.2, 0.25) is 17.7 Å². The van der Waals surface area contributed by atoms with E-state index < -0.39 is 17.1 Å². The third-order valence-corrected chi connectivity index (χ3v) is 10.4. The number of anilines is 3. The smallest absolute Gasteiger partial charge is 0.308 e. The molecule has 0 spiro atoms. The Hall–Kier alpha value is -3.86. The third kappa shape index (κ3) is 5.04. The molecule has 11 heteroatoms. The summed E-state index contributed by atoms with van der Waals surface area (Å²) in [5, 5.41) is 3.15. The summed E-state index contributed by atoms with van der Waals surface area (Å²) in [7, 11) is 3.89. The predicted molar refractivity (Wildman–Crippen MR) is 168 cm³/mol. The van der Waals surface area contributed by atoms with Gasteiger partial charge >= 0.3 is 4.87 Å². The number of hydrogen-bond donors (Lipinski definition) is 1. The predicted octanol–water partition coefficient (Wildman–Crippen LogP) is 5.37. The second-order valence-electron chi connectivity index (χ2n) is 10.6. The van der Waals surface area contributed by atoms with Crippen molar-refractivity contribution in [2.75, 3.05) is 29.2 Å². The summed E-state index contributed by atoms with van der Waals surface area (Å²) < 4.78 is 1.42. The van der Waals surface area contributed by atoms with Crippen molar-refractivity contribution in [2.45, 2.75) is 29.7 Å². The number of rotatable bonds is 6. The van der Waals surface area contributed by atoms with Crippen molar-refractivity contribution < 1.29 is 14.4 Å². The van der Waals surface area contributed by atoms with E-state index in [9.17, 15) is 19.2 Å². The maximum atomic E-state index is 14.0. The van der Waals surface area contributed by atoms with Crippen LogP contribution in [0.25, 0.3) is 0 Å². The van der Waals surface area contributed by atoms with E-state index in [1.165, 1.54) is 21.2 Å². The molecule has 6 rings (SSSR count). The van der Waals surface area contributed by atoms with Gasteiger partial charge in [-0.25, -0.2) is 4.90 Å². The summed E-state index contributed by atoms with van der Waals surface area (Å²) >= 11 is 8.19. The van der Waals surface area contributed by atoms with Crippen LogP contribution in [0, 0.1) is 12.8 Å². The number of imide groups is 1. The van der Waals surface area contributed by atoms with E-state index in [1.54, 1.807) is 36.4 Å². The summed E-state index contributed by atoms with van der Waals surface area (Å²) in [4.78, 5) is 57.9. The second kappa shape index (κ2) is 11.1. The first-order valence-electron chi connectivity index (χ1n) is 13.3. The molecule has 0 aliphatic carbocycles. The monoisotopic (exact) mass is 618 g/mol. The maximum Gasteiger partial charge on any atom is 0.308 e. The molecule has 2 aliphatic rings. The number of benzene rings is 3. The van der Waals surface area contributed by atoms with E-state index in [0.717, 1.165) is 28.2 Å². The van der Waals surface area contributed by atoms with E-state index in [0.29, 0.717) is 26.3 Å². The first-order chi connectivity index (χ1) is 20.1. The Morgan fingerprint density at radius 3 is 2.24 bits per heavy atom. The number of amides is 3. The van der Waals surface area contributed by atoms with Crippen LogP contribution in [0.5, 0.6) is 0 Å². The van der Waals surface area contributed by atoms with Crippen LogP contribution in [0.15, 0.2) is 82.6 Å². The zero-order chi connectivity index (χ0) is 29.7. The van der Waals surface area contributed by atoms with Crippen molar-refractivity contribution in [3.05, 3.63) is 103 Å². The van der Waals surface area contributed by atoms with Crippen molar-refractivity contribution in [1.29, 1.82) is 0 Å². The number of aromatic nitrogens is 1. The zero-order valence-electron chi connectivity index (χ0n) is 23.0. The van der Waals surface area contributed by atoms with E-state index in [4.69, 9.17) is 11.6 Å². The molecule has 8 nitrogen and oxygen atoms in total. The number of fused-ring (bicyclic) bond motifs is 2. The lowest BCUT2D eigenvalue weighted by Crippen LogP contribution is -2.33. The van der Waals surface area contributed by atoms with Crippen molar-refractivity contribution in [3.8, 4) is 0 Å². The third-order valence-electron chi connectivity index (χ3n) is 7.54. The van der Waals surface area contributed by atoms with Gasteiger partial charge in [0.25, 0.3) is 0 Å². The molecule has 2 aliphatic heterocycles. The molecule has 1 fully saturated rings. The van der Waals surface area contributed by atoms with Crippen LogP contribution in [0.4, 0.5) is 17.1 Å². The van der Waals surface area contributed by atoms with Crippen LogP contribution < -0.4 is 20.0 Å². The fourth-order valence-electron chi connectivity index (χ4n) is 5.42.